The van der Waals surface area contributed by atoms with E-state index in [9.17, 15) is 0 Å². The van der Waals surface area contributed by atoms with Crippen molar-refractivity contribution in [2.45, 2.75) is 12.3 Å². The molecule has 16 heavy (non-hydrogen) atoms. The molecule has 0 saturated heterocycles. The number of nitrogens with two attached hydrogens (primary N) is 1. The predicted octanol–water partition coefficient (Wildman–Crippen LogP) is 2.41. The van der Waals surface area contributed by atoms with Crippen LogP contribution in [-0.4, -0.2) is 13.2 Å². The normalized spacial score (nSPS) is 22.6. The molecule has 0 aromatic heterocycles. The number of hydrogen-bond acceptors (Lipinski definition) is 2. The van der Waals surface area contributed by atoms with Gasteiger partial charge in [0.1, 0.15) is 12.4 Å². The molecule has 0 amide bonds. The van der Waals surface area contributed by atoms with Crippen molar-refractivity contribution in [3.63, 3.8) is 0 Å². The molecule has 2 nitrogen and oxygen atoms in total. The second-order valence-electron chi connectivity index (χ2n) is 4.01. The van der Waals surface area contributed by atoms with Crippen molar-refractivity contribution in [2.24, 2.45) is 11.7 Å². The van der Waals surface area contributed by atoms with Crippen molar-refractivity contribution < 1.29 is 4.74 Å². The van der Waals surface area contributed by atoms with Gasteiger partial charge in [-0.2, -0.15) is 0 Å². The molecule has 84 valence electrons. The first-order chi connectivity index (χ1) is 7.76. The monoisotopic (exact) mass is 235 g/mol. The van der Waals surface area contributed by atoms with Crippen LogP contribution in [0.1, 0.15) is 17.9 Å². The molecule has 1 saturated carbocycles. The molecule has 2 rings (SSSR count). The summed E-state index contributed by atoms with van der Waals surface area (Å²) in [5.74, 6) is 4.34. The second-order valence-corrected chi connectivity index (χ2v) is 4.45. The number of terminal acetylenes is 1. The van der Waals surface area contributed by atoms with Crippen molar-refractivity contribution >= 4 is 11.6 Å². The van der Waals surface area contributed by atoms with Crippen molar-refractivity contribution in [3.8, 4) is 18.1 Å². The molecule has 2 atom stereocenters. The maximum absolute atomic E-state index is 5.99. The Morgan fingerprint density at radius 3 is 3.00 bits per heavy atom. The molecule has 0 unspecified atom stereocenters. The van der Waals surface area contributed by atoms with E-state index in [4.69, 9.17) is 28.5 Å². The van der Waals surface area contributed by atoms with Crippen molar-refractivity contribution in [1.82, 2.24) is 0 Å². The van der Waals surface area contributed by atoms with Gasteiger partial charge in [0.05, 0.1) is 0 Å². The van der Waals surface area contributed by atoms with Crippen LogP contribution in [0.25, 0.3) is 0 Å². The lowest BCUT2D eigenvalue weighted by Gasteiger charge is -2.09. The van der Waals surface area contributed by atoms with Crippen LogP contribution in [0.5, 0.6) is 5.75 Å². The zero-order valence-corrected chi connectivity index (χ0v) is 9.70. The lowest BCUT2D eigenvalue weighted by atomic mass is 10.1. The highest BCUT2D eigenvalue weighted by atomic mass is 35.5. The molecule has 2 N–H and O–H groups in total. The molecular weight excluding hydrogens is 222 g/mol. The highest BCUT2D eigenvalue weighted by Crippen LogP contribution is 2.50. The smallest absolute Gasteiger partial charge is 0.148 e. The van der Waals surface area contributed by atoms with Crippen molar-refractivity contribution in [3.05, 3.63) is 28.8 Å². The van der Waals surface area contributed by atoms with Crippen LogP contribution in [0, 0.1) is 18.3 Å². The Morgan fingerprint density at radius 2 is 2.38 bits per heavy atom. The number of hydrogen-bond donors (Lipinski definition) is 1. The van der Waals surface area contributed by atoms with Crippen LogP contribution in [0.15, 0.2) is 18.2 Å². The maximum Gasteiger partial charge on any atom is 0.148 e. The fourth-order valence-corrected chi connectivity index (χ4v) is 2.13. The fraction of sp³-hybridized carbons (Fsp3) is 0.385. The Labute approximate surface area is 101 Å². The molecule has 1 fully saturated rings. The Morgan fingerprint density at radius 1 is 1.56 bits per heavy atom. The standard InChI is InChI=1S/C13H14ClNO/c1-2-5-16-13-4-3-10(14)7-12(13)11-6-9(11)8-15/h1,3-4,7,9,11H,5-6,8,15H2/t9-,11+/m0/s1. The summed E-state index contributed by atoms with van der Waals surface area (Å²) >= 11 is 5.99. The summed E-state index contributed by atoms with van der Waals surface area (Å²) in [7, 11) is 0. The van der Waals surface area contributed by atoms with E-state index >= 15 is 0 Å². The molecule has 0 spiro atoms. The van der Waals surface area contributed by atoms with Crippen LogP contribution in [0.2, 0.25) is 5.02 Å². The topological polar surface area (TPSA) is 35.2 Å². The number of rotatable bonds is 4. The molecule has 0 aliphatic heterocycles. The average Bonchev–Trinajstić information content (AvgIpc) is 3.06. The van der Waals surface area contributed by atoms with Gasteiger partial charge in [-0.3, -0.25) is 0 Å². The Bertz CT molecular complexity index is 424. The number of halogens is 1. The molecule has 0 bridgehead atoms. The minimum absolute atomic E-state index is 0.286. The van der Waals surface area contributed by atoms with Gasteiger partial charge < -0.3 is 10.5 Å². The molecule has 0 radical (unpaired) electrons. The van der Waals surface area contributed by atoms with E-state index in [-0.39, 0.29) is 6.61 Å². The summed E-state index contributed by atoms with van der Waals surface area (Å²) < 4.78 is 5.50. The van der Waals surface area contributed by atoms with E-state index in [2.05, 4.69) is 5.92 Å². The molecule has 0 heterocycles. The highest BCUT2D eigenvalue weighted by molar-refractivity contribution is 6.30. The van der Waals surface area contributed by atoms with Crippen LogP contribution < -0.4 is 10.5 Å². The minimum Gasteiger partial charge on any atom is -0.481 e. The second kappa shape index (κ2) is 4.78. The maximum atomic E-state index is 5.99. The summed E-state index contributed by atoms with van der Waals surface area (Å²) in [6.45, 7) is 1.00. The first-order valence-electron chi connectivity index (χ1n) is 5.32. The average molecular weight is 236 g/mol. The zero-order chi connectivity index (χ0) is 11.5. The largest absolute Gasteiger partial charge is 0.481 e. The molecule has 1 aromatic carbocycles. The SMILES string of the molecule is C#CCOc1ccc(Cl)cc1[C@@H]1C[C@H]1CN. The lowest BCUT2D eigenvalue weighted by molar-refractivity contribution is 0.366. The Hall–Kier alpha value is -1.17. The van der Waals surface area contributed by atoms with Crippen LogP contribution in [-0.2, 0) is 0 Å². The third-order valence-corrected chi connectivity index (χ3v) is 3.14. The van der Waals surface area contributed by atoms with E-state index < -0.39 is 0 Å². The third kappa shape index (κ3) is 2.32. The Kier molecular flexibility index (Phi) is 3.38. The van der Waals surface area contributed by atoms with Gasteiger partial charge in [-0.25, -0.2) is 0 Å². The van der Waals surface area contributed by atoms with Crippen molar-refractivity contribution in [1.29, 1.82) is 0 Å². The van der Waals surface area contributed by atoms with E-state index in [1.165, 1.54) is 0 Å². The highest BCUT2D eigenvalue weighted by Gasteiger charge is 2.38. The molecule has 1 aliphatic carbocycles. The lowest BCUT2D eigenvalue weighted by Crippen LogP contribution is -2.03. The van der Waals surface area contributed by atoms with Gasteiger partial charge in [-0.15, -0.1) is 6.42 Å². The zero-order valence-electron chi connectivity index (χ0n) is 8.95. The van der Waals surface area contributed by atoms with E-state index in [0.717, 1.165) is 22.8 Å². The summed E-state index contributed by atoms with van der Waals surface area (Å²) in [5.41, 5.74) is 6.78. The molecule has 3 heteroatoms. The molecule has 1 aliphatic rings. The first-order valence-corrected chi connectivity index (χ1v) is 5.70. The van der Waals surface area contributed by atoms with Crippen molar-refractivity contribution in [2.75, 3.05) is 13.2 Å². The van der Waals surface area contributed by atoms with Gasteiger partial charge in [-0.05, 0) is 48.6 Å². The van der Waals surface area contributed by atoms with Crippen LogP contribution in [0.3, 0.4) is 0 Å². The van der Waals surface area contributed by atoms with Gasteiger partial charge >= 0.3 is 0 Å². The number of benzene rings is 1. The van der Waals surface area contributed by atoms with Gasteiger partial charge in [0.2, 0.25) is 0 Å². The van der Waals surface area contributed by atoms with Gasteiger partial charge in [0, 0.05) is 5.02 Å². The predicted molar refractivity (Wildman–Crippen MR) is 65.7 cm³/mol. The van der Waals surface area contributed by atoms with Crippen LogP contribution >= 0.6 is 11.6 Å². The van der Waals surface area contributed by atoms with Gasteiger partial charge in [0.25, 0.3) is 0 Å². The van der Waals surface area contributed by atoms with Crippen LogP contribution in [0.4, 0.5) is 0 Å². The molecular formula is C13H14ClNO. The number of ether oxygens (including phenoxy) is 1. The summed E-state index contributed by atoms with van der Waals surface area (Å²) in [6, 6.07) is 5.64. The first kappa shape index (κ1) is 11.3. The molecule has 1 aromatic rings. The van der Waals surface area contributed by atoms with Gasteiger partial charge in [0.15, 0.2) is 0 Å². The minimum atomic E-state index is 0.286. The summed E-state index contributed by atoms with van der Waals surface area (Å²) in [6.07, 6.45) is 6.29. The van der Waals surface area contributed by atoms with E-state index in [1.807, 2.05) is 18.2 Å². The van der Waals surface area contributed by atoms with Gasteiger partial charge in [-0.1, -0.05) is 17.5 Å². The van der Waals surface area contributed by atoms with E-state index in [1.54, 1.807) is 0 Å². The third-order valence-electron chi connectivity index (χ3n) is 2.91. The quantitative estimate of drug-likeness (QED) is 0.814. The summed E-state index contributed by atoms with van der Waals surface area (Å²) in [5, 5.41) is 0.728. The summed E-state index contributed by atoms with van der Waals surface area (Å²) in [4.78, 5) is 0. The van der Waals surface area contributed by atoms with E-state index in [0.29, 0.717) is 18.4 Å². The Balaban J connectivity index is 2.20. The fourth-order valence-electron chi connectivity index (χ4n) is 1.95.